The lowest BCUT2D eigenvalue weighted by Crippen LogP contribution is -2.24. The Morgan fingerprint density at radius 1 is 0.939 bits per heavy atom. The molecule has 3 aromatic carbocycles. The summed E-state index contributed by atoms with van der Waals surface area (Å²) < 4.78 is 1.64. The number of nitrogens with zero attached hydrogens (tertiary/aromatic N) is 2. The Morgan fingerprint density at radius 2 is 1.58 bits per heavy atom. The van der Waals surface area contributed by atoms with Crippen LogP contribution in [-0.2, 0) is 6.54 Å². The topological polar surface area (TPSA) is 90.0 Å². The van der Waals surface area contributed by atoms with Crippen molar-refractivity contribution in [2.75, 3.05) is 11.1 Å². The second-order valence-electron chi connectivity index (χ2n) is 7.81. The number of carbonyl (C=O) groups is 1. The maximum atomic E-state index is 12.8. The molecule has 6 nitrogen and oxygen atoms in total. The first kappa shape index (κ1) is 23.7. The first-order valence-corrected chi connectivity index (χ1v) is 11.2. The van der Waals surface area contributed by atoms with Crippen molar-refractivity contribution in [3.63, 3.8) is 0 Å². The van der Waals surface area contributed by atoms with Crippen molar-refractivity contribution in [3.8, 4) is 0 Å². The average Bonchev–Trinajstić information content (AvgIpc) is 2.83. The minimum Gasteiger partial charge on any atom is -0.397 e. The molecule has 0 unspecified atom stereocenters. The molecule has 0 aliphatic heterocycles. The molecule has 0 saturated carbocycles. The van der Waals surface area contributed by atoms with Crippen molar-refractivity contribution in [2.45, 2.75) is 40.2 Å². The molecule has 3 N–H and O–H groups in total. The fourth-order valence-corrected chi connectivity index (χ4v) is 3.21. The summed E-state index contributed by atoms with van der Waals surface area (Å²) in [6.07, 6.45) is 2.64. The summed E-state index contributed by atoms with van der Waals surface area (Å²) in [7, 11) is 0. The van der Waals surface area contributed by atoms with Gasteiger partial charge >= 0.3 is 0 Å². The molecule has 0 spiro atoms. The molecule has 33 heavy (non-hydrogen) atoms. The van der Waals surface area contributed by atoms with Gasteiger partial charge in [0.25, 0.3) is 11.5 Å². The molecule has 1 amide bonds. The molecule has 1 aromatic heterocycles. The highest BCUT2D eigenvalue weighted by Gasteiger charge is 2.10. The summed E-state index contributed by atoms with van der Waals surface area (Å²) in [6.45, 7) is 6.57. The summed E-state index contributed by atoms with van der Waals surface area (Å²) in [6, 6.07) is 21.6. The van der Waals surface area contributed by atoms with E-state index in [-0.39, 0.29) is 11.5 Å². The van der Waals surface area contributed by atoms with E-state index in [4.69, 9.17) is 5.73 Å². The number of unbranched alkanes of at least 4 members (excludes halogenated alkanes) is 1. The lowest BCUT2D eigenvalue weighted by molar-refractivity contribution is 0.102. The number of nitrogens with one attached hydrogen (secondary N) is 1. The number of rotatable bonds is 5. The number of aryl methyl sites for hydroxylation is 1. The first-order chi connectivity index (χ1) is 15.9. The van der Waals surface area contributed by atoms with Crippen LogP contribution in [0.5, 0.6) is 0 Å². The highest BCUT2D eigenvalue weighted by molar-refractivity contribution is 6.05. The van der Waals surface area contributed by atoms with Crippen molar-refractivity contribution < 1.29 is 4.79 Å². The van der Waals surface area contributed by atoms with Gasteiger partial charge in [0.2, 0.25) is 0 Å². The van der Waals surface area contributed by atoms with Crippen molar-refractivity contribution in [1.29, 1.82) is 0 Å². The molecule has 4 rings (SSSR count). The van der Waals surface area contributed by atoms with Crippen molar-refractivity contribution in [1.82, 2.24) is 9.55 Å². The predicted molar refractivity (Wildman–Crippen MR) is 136 cm³/mol. The maximum Gasteiger partial charge on any atom is 0.261 e. The van der Waals surface area contributed by atoms with Crippen LogP contribution < -0.4 is 16.6 Å². The zero-order chi connectivity index (χ0) is 23.8. The molecule has 0 bridgehead atoms. The van der Waals surface area contributed by atoms with Crippen LogP contribution in [0.15, 0.2) is 77.6 Å². The van der Waals surface area contributed by atoms with Crippen LogP contribution >= 0.6 is 0 Å². The molecule has 0 aliphatic rings. The fraction of sp³-hybridized carbons (Fsp3) is 0.222. The Labute approximate surface area is 194 Å². The lowest BCUT2D eigenvalue weighted by Gasteiger charge is -2.12. The third-order valence-corrected chi connectivity index (χ3v) is 5.32. The molecule has 0 fully saturated rings. The van der Waals surface area contributed by atoms with E-state index in [2.05, 4.69) is 24.1 Å². The number of amides is 1. The van der Waals surface area contributed by atoms with Crippen LogP contribution in [0.1, 0.15) is 48.4 Å². The molecule has 0 atom stereocenters. The van der Waals surface area contributed by atoms with Crippen LogP contribution in [0.2, 0.25) is 0 Å². The van der Waals surface area contributed by atoms with Crippen LogP contribution in [0.3, 0.4) is 0 Å². The van der Waals surface area contributed by atoms with Gasteiger partial charge in [-0.15, -0.1) is 0 Å². The highest BCUT2D eigenvalue weighted by atomic mass is 16.1. The van der Waals surface area contributed by atoms with Gasteiger partial charge in [0.15, 0.2) is 0 Å². The van der Waals surface area contributed by atoms with Gasteiger partial charge in [0, 0.05) is 5.56 Å². The number of anilines is 2. The number of hydrogen-bond acceptors (Lipinski definition) is 4. The molecular weight excluding hydrogens is 412 g/mol. The summed E-state index contributed by atoms with van der Waals surface area (Å²) in [4.78, 5) is 29.8. The van der Waals surface area contributed by atoms with E-state index < -0.39 is 0 Å². The number of benzene rings is 3. The second-order valence-corrected chi connectivity index (χ2v) is 7.81. The predicted octanol–water partition coefficient (Wildman–Crippen LogP) is 5.39. The third kappa shape index (κ3) is 5.86. The number of para-hydroxylation sites is 3. The van der Waals surface area contributed by atoms with Gasteiger partial charge in [-0.1, -0.05) is 63.1 Å². The molecular formula is C27H30N4O2. The van der Waals surface area contributed by atoms with Crippen LogP contribution in [0.25, 0.3) is 10.9 Å². The SMILES string of the molecule is CCCC.Cc1nc2ccccc2c(=O)n1Cc1ccc(C(=O)Nc2ccccc2N)cc1. The monoisotopic (exact) mass is 442 g/mol. The standard InChI is InChI=1S/C23H20N4O2.C4H10/c1-15-25-20-8-4-2-6-18(20)23(29)27(15)14-16-10-12-17(13-11-16)22(28)26-21-9-5-3-7-19(21)24;1-3-4-2/h2-13H,14,24H2,1H3,(H,26,28);3-4H2,1-2H3. The summed E-state index contributed by atoms with van der Waals surface area (Å²) >= 11 is 0. The number of nitrogens with two attached hydrogens (primary N) is 1. The molecule has 170 valence electrons. The van der Waals surface area contributed by atoms with Gasteiger partial charge in [-0.3, -0.25) is 14.2 Å². The Balaban J connectivity index is 0.000000709. The van der Waals surface area contributed by atoms with Crippen LogP contribution in [0.4, 0.5) is 11.4 Å². The van der Waals surface area contributed by atoms with Gasteiger partial charge in [-0.05, 0) is 48.9 Å². The van der Waals surface area contributed by atoms with E-state index in [0.717, 1.165) is 5.56 Å². The fourth-order valence-electron chi connectivity index (χ4n) is 3.21. The van der Waals surface area contributed by atoms with Crippen LogP contribution in [-0.4, -0.2) is 15.5 Å². The Kier molecular flexibility index (Phi) is 7.97. The summed E-state index contributed by atoms with van der Waals surface area (Å²) in [5, 5.41) is 3.40. The van der Waals surface area contributed by atoms with Gasteiger partial charge in [-0.2, -0.15) is 0 Å². The van der Waals surface area contributed by atoms with Gasteiger partial charge in [-0.25, -0.2) is 4.98 Å². The van der Waals surface area contributed by atoms with E-state index in [1.54, 1.807) is 34.9 Å². The Bertz CT molecular complexity index is 1290. The Morgan fingerprint density at radius 3 is 2.24 bits per heavy atom. The third-order valence-electron chi connectivity index (χ3n) is 5.32. The minimum atomic E-state index is -0.241. The number of carbonyl (C=O) groups excluding carboxylic acids is 1. The van der Waals surface area contributed by atoms with Crippen molar-refractivity contribution in [2.24, 2.45) is 0 Å². The quantitative estimate of drug-likeness (QED) is 0.405. The zero-order valence-corrected chi connectivity index (χ0v) is 19.3. The molecule has 1 heterocycles. The lowest BCUT2D eigenvalue weighted by atomic mass is 10.1. The van der Waals surface area contributed by atoms with Crippen molar-refractivity contribution in [3.05, 3.63) is 100 Å². The largest absolute Gasteiger partial charge is 0.397 e. The molecule has 0 aliphatic carbocycles. The molecule has 6 heteroatoms. The van der Waals surface area contributed by atoms with Crippen molar-refractivity contribution >= 4 is 28.2 Å². The van der Waals surface area contributed by atoms with Gasteiger partial charge < -0.3 is 11.1 Å². The summed E-state index contributed by atoms with van der Waals surface area (Å²) in [5.74, 6) is 0.408. The summed E-state index contributed by atoms with van der Waals surface area (Å²) in [5.41, 5.74) is 8.99. The highest BCUT2D eigenvalue weighted by Crippen LogP contribution is 2.18. The smallest absolute Gasteiger partial charge is 0.261 e. The van der Waals surface area contributed by atoms with E-state index in [1.807, 2.05) is 49.4 Å². The molecule has 4 aromatic rings. The van der Waals surface area contributed by atoms with E-state index in [9.17, 15) is 9.59 Å². The van der Waals surface area contributed by atoms with E-state index >= 15 is 0 Å². The first-order valence-electron chi connectivity index (χ1n) is 11.2. The number of nitrogen functional groups attached to an aromatic ring is 1. The number of hydrogen-bond donors (Lipinski definition) is 2. The van der Waals surface area contributed by atoms with Gasteiger partial charge in [0.1, 0.15) is 5.82 Å². The minimum absolute atomic E-state index is 0.0746. The van der Waals surface area contributed by atoms with E-state index in [0.29, 0.717) is 40.2 Å². The second kappa shape index (κ2) is 11.1. The average molecular weight is 443 g/mol. The molecule has 0 radical (unpaired) electrons. The van der Waals surface area contributed by atoms with E-state index in [1.165, 1.54) is 12.8 Å². The zero-order valence-electron chi connectivity index (χ0n) is 19.3. The molecule has 0 saturated heterocycles. The van der Waals surface area contributed by atoms with Gasteiger partial charge in [0.05, 0.1) is 28.8 Å². The maximum absolute atomic E-state index is 12.8. The number of fused-ring (bicyclic) bond motifs is 1. The number of aromatic nitrogens is 2. The van der Waals surface area contributed by atoms with Crippen LogP contribution in [0, 0.1) is 6.92 Å². The normalized spacial score (nSPS) is 10.4. The Hall–Kier alpha value is -3.93.